The van der Waals surface area contributed by atoms with Crippen LogP contribution in [0.2, 0.25) is 0 Å². The Morgan fingerprint density at radius 3 is 2.20 bits per heavy atom. The first-order valence-corrected chi connectivity index (χ1v) is 11.7. The minimum atomic E-state index is -0.0285. The zero-order valence-electron chi connectivity index (χ0n) is 19.5. The lowest BCUT2D eigenvalue weighted by Crippen LogP contribution is -2.25. The van der Waals surface area contributed by atoms with E-state index in [1.807, 2.05) is 24.0 Å². The van der Waals surface area contributed by atoms with Gasteiger partial charge in [-0.25, -0.2) is 9.97 Å². The zero-order valence-corrected chi connectivity index (χ0v) is 20.4. The van der Waals surface area contributed by atoms with Gasteiger partial charge in [-0.15, -0.1) is 11.3 Å². The van der Waals surface area contributed by atoms with Crippen molar-refractivity contribution in [1.82, 2.24) is 9.97 Å². The highest BCUT2D eigenvalue weighted by atomic mass is 32.1. The summed E-state index contributed by atoms with van der Waals surface area (Å²) in [5, 5.41) is 3.20. The molecule has 0 spiro atoms. The van der Waals surface area contributed by atoms with E-state index in [-0.39, 0.29) is 16.2 Å². The molecular weight excluding hydrogens is 392 g/mol. The zero-order chi connectivity index (χ0) is 22.0. The molecule has 0 aliphatic rings. The first kappa shape index (κ1) is 22.8. The monoisotopic (exact) mass is 428 g/mol. The number of rotatable bonds is 8. The van der Waals surface area contributed by atoms with E-state index in [2.05, 4.69) is 64.5 Å². The second-order valence-corrected chi connectivity index (χ2v) is 12.4. The van der Waals surface area contributed by atoms with Gasteiger partial charge in [-0.05, 0) is 34.3 Å². The molecule has 3 aromatic heterocycles. The van der Waals surface area contributed by atoms with Crippen LogP contribution in [-0.2, 0) is 32.1 Å². The van der Waals surface area contributed by atoms with Crippen molar-refractivity contribution in [2.24, 2.45) is 16.2 Å². The van der Waals surface area contributed by atoms with Crippen molar-refractivity contribution < 1.29 is 8.83 Å². The predicted octanol–water partition coefficient (Wildman–Crippen LogP) is 6.94. The molecule has 164 valence electrons. The van der Waals surface area contributed by atoms with Crippen LogP contribution in [-0.4, -0.2) is 9.97 Å². The van der Waals surface area contributed by atoms with Gasteiger partial charge in [0.15, 0.2) is 5.89 Å². The van der Waals surface area contributed by atoms with E-state index in [0.717, 1.165) is 54.5 Å². The van der Waals surface area contributed by atoms with Crippen molar-refractivity contribution in [2.45, 2.75) is 80.6 Å². The highest BCUT2D eigenvalue weighted by molar-refractivity contribution is 7.09. The summed E-state index contributed by atoms with van der Waals surface area (Å²) in [6.07, 6.45) is 10.1. The van der Waals surface area contributed by atoms with Gasteiger partial charge >= 0.3 is 0 Å². The van der Waals surface area contributed by atoms with Gasteiger partial charge in [-0.3, -0.25) is 0 Å². The average Bonchev–Trinajstić information content (AvgIpc) is 3.29. The molecule has 0 bridgehead atoms. The van der Waals surface area contributed by atoms with E-state index >= 15 is 0 Å². The molecule has 0 saturated heterocycles. The molecule has 0 aliphatic carbocycles. The minimum Gasteiger partial charge on any atom is -0.469 e. The van der Waals surface area contributed by atoms with Crippen LogP contribution >= 0.6 is 11.3 Å². The van der Waals surface area contributed by atoms with Gasteiger partial charge in [-0.1, -0.05) is 48.5 Å². The Kier molecular flexibility index (Phi) is 6.61. The lowest BCUT2D eigenvalue weighted by atomic mass is 9.77. The number of hydrogen-bond acceptors (Lipinski definition) is 5. The second kappa shape index (κ2) is 8.70. The van der Waals surface area contributed by atoms with Gasteiger partial charge < -0.3 is 8.83 Å². The Bertz CT molecular complexity index is 867. The summed E-state index contributed by atoms with van der Waals surface area (Å²) in [5.41, 5.74) is 1.58. The first-order valence-electron chi connectivity index (χ1n) is 10.8. The molecule has 1 unspecified atom stereocenters. The standard InChI is InChI=1S/C25H36N2O2S/c1-23(2,3)12-19-10-18(17-28-19)11-25(7,15-22-26-8-9-30-22)13-20-16-27-21(29-20)14-24(4,5)6/h8-10,16-17H,11-15H2,1-7H3. The van der Waals surface area contributed by atoms with Crippen molar-refractivity contribution in [3.8, 4) is 0 Å². The van der Waals surface area contributed by atoms with Crippen molar-refractivity contribution in [2.75, 3.05) is 0 Å². The van der Waals surface area contributed by atoms with Crippen LogP contribution in [0.15, 0.2) is 38.9 Å². The molecule has 3 heterocycles. The van der Waals surface area contributed by atoms with Gasteiger partial charge in [0.1, 0.15) is 11.5 Å². The molecule has 0 aliphatic heterocycles. The van der Waals surface area contributed by atoms with E-state index in [0.29, 0.717) is 0 Å². The summed E-state index contributed by atoms with van der Waals surface area (Å²) in [5.74, 6) is 2.83. The quantitative estimate of drug-likeness (QED) is 0.390. The van der Waals surface area contributed by atoms with Crippen molar-refractivity contribution >= 4 is 11.3 Å². The number of thiazole rings is 1. The Morgan fingerprint density at radius 1 is 0.833 bits per heavy atom. The molecule has 0 N–H and O–H groups in total. The smallest absolute Gasteiger partial charge is 0.194 e. The first-order chi connectivity index (χ1) is 13.9. The number of furan rings is 1. The van der Waals surface area contributed by atoms with Gasteiger partial charge in [0.25, 0.3) is 0 Å². The lowest BCUT2D eigenvalue weighted by molar-refractivity contribution is 0.277. The molecule has 3 rings (SSSR count). The van der Waals surface area contributed by atoms with Crippen molar-refractivity contribution in [3.63, 3.8) is 0 Å². The SMILES string of the molecule is CC(C)(C)Cc1cc(CC(C)(Cc2cnc(CC(C)(C)C)o2)Cc2nccs2)co1. The maximum atomic E-state index is 6.13. The number of aromatic nitrogens is 2. The predicted molar refractivity (Wildman–Crippen MR) is 123 cm³/mol. The molecular formula is C25H36N2O2S. The van der Waals surface area contributed by atoms with Gasteiger partial charge in [-0.2, -0.15) is 0 Å². The molecule has 0 amide bonds. The number of hydrogen-bond donors (Lipinski definition) is 0. The normalized spacial score (nSPS) is 14.8. The van der Waals surface area contributed by atoms with E-state index in [1.165, 1.54) is 5.56 Å². The summed E-state index contributed by atoms with van der Waals surface area (Å²) >= 11 is 1.72. The highest BCUT2D eigenvalue weighted by Crippen LogP contribution is 2.34. The molecule has 3 aromatic rings. The Labute approximate surface area is 185 Å². The van der Waals surface area contributed by atoms with E-state index in [1.54, 1.807) is 11.3 Å². The van der Waals surface area contributed by atoms with E-state index in [9.17, 15) is 0 Å². The van der Waals surface area contributed by atoms with E-state index in [4.69, 9.17) is 8.83 Å². The molecule has 0 saturated carbocycles. The molecule has 0 radical (unpaired) electrons. The molecule has 0 aromatic carbocycles. The maximum Gasteiger partial charge on any atom is 0.194 e. The molecule has 5 heteroatoms. The third-order valence-electron chi connectivity index (χ3n) is 4.99. The van der Waals surface area contributed by atoms with Crippen LogP contribution in [0.1, 0.15) is 76.4 Å². The molecule has 4 nitrogen and oxygen atoms in total. The molecule has 0 fully saturated rings. The number of nitrogens with zero attached hydrogens (tertiary/aromatic N) is 2. The summed E-state index contributed by atoms with van der Waals surface area (Å²) in [6, 6.07) is 2.22. The van der Waals surface area contributed by atoms with Gasteiger partial charge in [0, 0.05) is 37.3 Å². The summed E-state index contributed by atoms with van der Waals surface area (Å²) < 4.78 is 12.0. The summed E-state index contributed by atoms with van der Waals surface area (Å²) in [7, 11) is 0. The summed E-state index contributed by atoms with van der Waals surface area (Å²) in [4.78, 5) is 9.08. The van der Waals surface area contributed by atoms with Crippen LogP contribution in [0.25, 0.3) is 0 Å². The maximum absolute atomic E-state index is 6.13. The topological polar surface area (TPSA) is 52.1 Å². The molecule has 1 atom stereocenters. The van der Waals surface area contributed by atoms with Gasteiger partial charge in [0.05, 0.1) is 17.5 Å². The average molecular weight is 429 g/mol. The van der Waals surface area contributed by atoms with Crippen LogP contribution in [0.3, 0.4) is 0 Å². The summed E-state index contributed by atoms with van der Waals surface area (Å²) in [6.45, 7) is 15.6. The van der Waals surface area contributed by atoms with Crippen molar-refractivity contribution in [3.05, 3.63) is 58.1 Å². The van der Waals surface area contributed by atoms with Crippen LogP contribution in [0, 0.1) is 16.2 Å². The Hall–Kier alpha value is -1.88. The highest BCUT2D eigenvalue weighted by Gasteiger charge is 2.30. The second-order valence-electron chi connectivity index (χ2n) is 11.4. The number of oxazole rings is 1. The Morgan fingerprint density at radius 2 is 1.57 bits per heavy atom. The minimum absolute atomic E-state index is 0.0285. The van der Waals surface area contributed by atoms with Gasteiger partial charge in [0.2, 0.25) is 0 Å². The third kappa shape index (κ3) is 7.12. The fourth-order valence-electron chi connectivity index (χ4n) is 3.91. The largest absolute Gasteiger partial charge is 0.469 e. The van der Waals surface area contributed by atoms with Crippen LogP contribution < -0.4 is 0 Å². The van der Waals surface area contributed by atoms with Crippen LogP contribution in [0.4, 0.5) is 0 Å². The third-order valence-corrected chi connectivity index (χ3v) is 5.77. The van der Waals surface area contributed by atoms with Crippen LogP contribution in [0.5, 0.6) is 0 Å². The van der Waals surface area contributed by atoms with E-state index < -0.39 is 0 Å². The van der Waals surface area contributed by atoms with Crippen molar-refractivity contribution in [1.29, 1.82) is 0 Å². The fourth-order valence-corrected chi connectivity index (χ4v) is 4.74. The lowest BCUT2D eigenvalue weighted by Gasteiger charge is -2.27. The molecule has 30 heavy (non-hydrogen) atoms. The Balaban J connectivity index is 1.78. The fraction of sp³-hybridized carbons (Fsp3) is 0.600.